The van der Waals surface area contributed by atoms with Gasteiger partial charge in [-0.1, -0.05) is 0 Å². The van der Waals surface area contributed by atoms with Gasteiger partial charge in [-0.25, -0.2) is 13.5 Å². The third-order valence-electron chi connectivity index (χ3n) is 7.86. The molecular weight excluding hydrogens is 586 g/mol. The molecule has 0 spiro atoms. The molecule has 1 saturated carbocycles. The third kappa shape index (κ3) is 6.04. The van der Waals surface area contributed by atoms with Crippen LogP contribution in [0.5, 0.6) is 0 Å². The van der Waals surface area contributed by atoms with Crippen molar-refractivity contribution in [1.82, 2.24) is 24.5 Å². The largest absolute Gasteiger partial charge is 0.433 e. The first-order valence-corrected chi connectivity index (χ1v) is 13.3. The van der Waals surface area contributed by atoms with Crippen molar-refractivity contribution >= 4 is 0 Å². The second kappa shape index (κ2) is 11.2. The Hall–Kier alpha value is -4.10. The minimum atomic E-state index is -4.84. The van der Waals surface area contributed by atoms with E-state index in [4.69, 9.17) is 0 Å². The highest BCUT2D eigenvalue weighted by Gasteiger charge is 2.39. The molecule has 1 aliphatic carbocycles. The molecule has 0 N–H and O–H groups in total. The Morgan fingerprint density at radius 1 is 0.953 bits per heavy atom. The quantitative estimate of drug-likeness (QED) is 0.225. The first-order chi connectivity index (χ1) is 20.1. The Balaban J connectivity index is 1.57. The first kappa shape index (κ1) is 30.4. The van der Waals surface area contributed by atoms with Crippen LogP contribution in [0.1, 0.15) is 71.2 Å². The van der Waals surface area contributed by atoms with Crippen molar-refractivity contribution in [3.05, 3.63) is 98.4 Å². The number of pyridine rings is 1. The maximum atomic E-state index is 14.6. The third-order valence-corrected chi connectivity index (χ3v) is 7.86. The van der Waals surface area contributed by atoms with Gasteiger partial charge in [0.2, 0.25) is 0 Å². The van der Waals surface area contributed by atoms with Gasteiger partial charge in [0.1, 0.15) is 11.6 Å². The zero-order valence-electron chi connectivity index (χ0n) is 22.9. The van der Waals surface area contributed by atoms with Gasteiger partial charge in [0, 0.05) is 24.9 Å². The van der Waals surface area contributed by atoms with Crippen LogP contribution in [0.2, 0.25) is 0 Å². The molecule has 1 fully saturated rings. The Bertz CT molecular complexity index is 1690. The van der Waals surface area contributed by atoms with Crippen molar-refractivity contribution in [3.63, 3.8) is 0 Å². The van der Waals surface area contributed by atoms with E-state index in [1.807, 2.05) is 0 Å². The number of aromatic nitrogens is 5. The molecule has 0 atom stereocenters. The van der Waals surface area contributed by atoms with E-state index >= 15 is 0 Å². The van der Waals surface area contributed by atoms with Gasteiger partial charge in [0.25, 0.3) is 5.56 Å². The number of halogens is 8. The molecule has 0 radical (unpaired) electrons. The van der Waals surface area contributed by atoms with Crippen molar-refractivity contribution in [3.8, 4) is 11.3 Å². The van der Waals surface area contributed by atoms with E-state index in [0.717, 1.165) is 37.6 Å². The lowest BCUT2D eigenvalue weighted by Crippen LogP contribution is -2.31. The average molecular weight is 612 g/mol. The van der Waals surface area contributed by atoms with Crippen molar-refractivity contribution < 1.29 is 35.1 Å². The number of benzene rings is 1. The summed E-state index contributed by atoms with van der Waals surface area (Å²) in [4.78, 5) is 17.4. The molecule has 228 valence electrons. The fraction of sp³-hybridized carbons (Fsp3) is 0.379. The van der Waals surface area contributed by atoms with Gasteiger partial charge in [-0.15, -0.1) is 0 Å². The molecular formula is C29H25F8N5O. The van der Waals surface area contributed by atoms with E-state index in [2.05, 4.69) is 15.2 Å². The normalized spacial score (nSPS) is 17.8. The maximum absolute atomic E-state index is 14.6. The van der Waals surface area contributed by atoms with Crippen LogP contribution in [0.3, 0.4) is 0 Å². The molecule has 3 aromatic heterocycles. The number of rotatable bonds is 5. The molecule has 0 saturated heterocycles. The zero-order chi connectivity index (χ0) is 31.3. The summed E-state index contributed by atoms with van der Waals surface area (Å²) in [6.45, 7) is 0.854. The number of hydrogen-bond acceptors (Lipinski definition) is 4. The molecule has 43 heavy (non-hydrogen) atoms. The van der Waals surface area contributed by atoms with Crippen LogP contribution in [0.15, 0.2) is 47.5 Å². The second-order valence-corrected chi connectivity index (χ2v) is 10.6. The monoisotopic (exact) mass is 611 g/mol. The van der Waals surface area contributed by atoms with E-state index in [9.17, 15) is 39.9 Å². The molecule has 6 nitrogen and oxygen atoms in total. The maximum Gasteiger partial charge on any atom is 0.433 e. The van der Waals surface area contributed by atoms with Gasteiger partial charge in [-0.05, 0) is 79.8 Å². The topological polar surface area (TPSA) is 65.6 Å². The van der Waals surface area contributed by atoms with Crippen molar-refractivity contribution in [2.45, 2.75) is 63.3 Å². The Labute approximate surface area is 240 Å². The Morgan fingerprint density at radius 3 is 2.26 bits per heavy atom. The zero-order valence-corrected chi connectivity index (χ0v) is 22.9. The van der Waals surface area contributed by atoms with Crippen molar-refractivity contribution in [1.29, 1.82) is 0 Å². The molecule has 3 heterocycles. The van der Waals surface area contributed by atoms with Crippen LogP contribution in [-0.4, -0.2) is 24.5 Å². The molecule has 1 aliphatic rings. The summed E-state index contributed by atoms with van der Waals surface area (Å²) in [5, 5.41) is 7.75. The summed E-state index contributed by atoms with van der Waals surface area (Å²) >= 11 is 0. The highest BCUT2D eigenvalue weighted by atomic mass is 19.4. The van der Waals surface area contributed by atoms with Crippen molar-refractivity contribution in [2.75, 3.05) is 0 Å². The number of aryl methyl sites for hydroxylation is 2. The van der Waals surface area contributed by atoms with Gasteiger partial charge in [0.05, 0.1) is 35.3 Å². The molecule has 14 heteroatoms. The summed E-state index contributed by atoms with van der Waals surface area (Å²) < 4.78 is 112. The lowest BCUT2D eigenvalue weighted by molar-refractivity contribution is -0.143. The fourth-order valence-electron chi connectivity index (χ4n) is 5.94. The molecule has 5 rings (SSSR count). The second-order valence-electron chi connectivity index (χ2n) is 10.6. The van der Waals surface area contributed by atoms with Gasteiger partial charge < -0.3 is 0 Å². The SMILES string of the molecule is Cc1cc(F)cc(F)c1C1CCC(c2cc(-c3cnn(C)c3C(F)(F)F)nn(Cc3ncccc3C(F)(F)F)c2=O)CC1. The highest BCUT2D eigenvalue weighted by molar-refractivity contribution is 5.62. The molecule has 1 aromatic carbocycles. The highest BCUT2D eigenvalue weighted by Crippen LogP contribution is 2.43. The number of hydrogen-bond donors (Lipinski definition) is 0. The molecule has 0 aliphatic heterocycles. The summed E-state index contributed by atoms with van der Waals surface area (Å²) in [5.74, 6) is -2.16. The standard InChI is InChI=1S/C29H25F8N5O/c1-15-10-18(30)11-22(31)25(15)17-7-5-16(6-8-17)19-12-23(20-13-39-41(2)26(20)29(35,36)37)40-42(27(19)43)14-24-21(28(32,33)34)4-3-9-38-24/h3-4,9-13,16-17H,5-8,14H2,1-2H3. The minimum absolute atomic E-state index is 0.0706. The molecule has 4 aromatic rings. The summed E-state index contributed by atoms with van der Waals surface area (Å²) in [6, 6.07) is 5.14. The molecule has 0 bridgehead atoms. The number of alkyl halides is 6. The smallest absolute Gasteiger partial charge is 0.267 e. The first-order valence-electron chi connectivity index (χ1n) is 13.3. The minimum Gasteiger partial charge on any atom is -0.267 e. The fourth-order valence-corrected chi connectivity index (χ4v) is 5.94. The van der Waals surface area contributed by atoms with Gasteiger partial charge in [0.15, 0.2) is 5.69 Å². The summed E-state index contributed by atoms with van der Waals surface area (Å²) in [6.07, 6.45) is -6.15. The Kier molecular flexibility index (Phi) is 7.90. The molecule has 0 amide bonds. The van der Waals surface area contributed by atoms with E-state index in [-0.39, 0.29) is 17.2 Å². The van der Waals surface area contributed by atoms with Gasteiger partial charge in [-0.3, -0.25) is 14.5 Å². The van der Waals surface area contributed by atoms with Crippen LogP contribution in [0.25, 0.3) is 11.3 Å². The van der Waals surface area contributed by atoms with Crippen LogP contribution in [0.4, 0.5) is 35.1 Å². The Morgan fingerprint density at radius 2 is 1.63 bits per heavy atom. The van der Waals surface area contributed by atoms with Crippen LogP contribution >= 0.6 is 0 Å². The van der Waals surface area contributed by atoms with E-state index in [1.165, 1.54) is 12.1 Å². The average Bonchev–Trinajstić information content (AvgIpc) is 3.31. The van der Waals surface area contributed by atoms with E-state index < -0.39 is 64.5 Å². The lowest BCUT2D eigenvalue weighted by atomic mass is 9.75. The predicted octanol–water partition coefficient (Wildman–Crippen LogP) is 7.15. The lowest BCUT2D eigenvalue weighted by Gasteiger charge is -2.30. The number of nitrogens with zero attached hydrogens (tertiary/aromatic N) is 5. The summed E-state index contributed by atoms with van der Waals surface area (Å²) in [5.41, 5.74) is -3.40. The van der Waals surface area contributed by atoms with Gasteiger partial charge >= 0.3 is 12.4 Å². The predicted molar refractivity (Wildman–Crippen MR) is 139 cm³/mol. The van der Waals surface area contributed by atoms with Crippen LogP contribution in [0, 0.1) is 18.6 Å². The van der Waals surface area contributed by atoms with Gasteiger partial charge in [-0.2, -0.15) is 36.5 Å². The molecule has 0 unspecified atom stereocenters. The van der Waals surface area contributed by atoms with Crippen molar-refractivity contribution in [2.24, 2.45) is 7.05 Å². The summed E-state index contributed by atoms with van der Waals surface area (Å²) in [7, 11) is 1.09. The van der Waals surface area contributed by atoms with E-state index in [0.29, 0.717) is 46.2 Å². The van der Waals surface area contributed by atoms with Crippen LogP contribution < -0.4 is 5.56 Å². The van der Waals surface area contributed by atoms with Crippen LogP contribution in [-0.2, 0) is 25.9 Å². The van der Waals surface area contributed by atoms with E-state index in [1.54, 1.807) is 6.92 Å².